The molecule has 0 fully saturated rings. The molecule has 2 aromatic rings. The fourth-order valence-corrected chi connectivity index (χ4v) is 3.05. The maximum Gasteiger partial charge on any atom is 0.217 e. The summed E-state index contributed by atoms with van der Waals surface area (Å²) in [6.45, 7) is 6.11. The number of amides is 1. The summed E-state index contributed by atoms with van der Waals surface area (Å²) in [5.74, 6) is 0.0806. The molecular weight excluding hydrogens is 273 g/mol. The van der Waals surface area contributed by atoms with Gasteiger partial charge in [0.15, 0.2) is 0 Å². The lowest BCUT2D eigenvalue weighted by Gasteiger charge is -2.09. The third-order valence-corrected chi connectivity index (χ3v) is 4.48. The number of thiophene rings is 1. The Morgan fingerprint density at radius 3 is 2.65 bits per heavy atom. The molecule has 1 amide bonds. The van der Waals surface area contributed by atoms with Crippen LogP contribution < -0.4 is 5.32 Å². The van der Waals surface area contributed by atoms with Crippen LogP contribution in [0.4, 0.5) is 4.39 Å². The van der Waals surface area contributed by atoms with E-state index in [0.717, 1.165) is 16.0 Å². The fraction of sp³-hybridized carbons (Fsp3) is 0.312. The minimum atomic E-state index is -0.283. The van der Waals surface area contributed by atoms with Crippen molar-refractivity contribution >= 4 is 17.2 Å². The third kappa shape index (κ3) is 3.45. The number of carbonyl (C=O) groups excluding carboxylic acids is 1. The lowest BCUT2D eigenvalue weighted by molar-refractivity contribution is -0.119. The molecule has 0 saturated carbocycles. The Kier molecular flexibility index (Phi) is 4.55. The highest BCUT2D eigenvalue weighted by atomic mass is 32.1. The van der Waals surface area contributed by atoms with Crippen LogP contribution in [-0.4, -0.2) is 5.91 Å². The average molecular weight is 291 g/mol. The van der Waals surface area contributed by atoms with Crippen LogP contribution in [0.3, 0.4) is 0 Å². The van der Waals surface area contributed by atoms with Gasteiger partial charge in [-0.1, -0.05) is 19.9 Å². The van der Waals surface area contributed by atoms with Crippen LogP contribution in [0.1, 0.15) is 37.1 Å². The van der Waals surface area contributed by atoms with Crippen molar-refractivity contribution in [3.63, 3.8) is 0 Å². The van der Waals surface area contributed by atoms with E-state index in [-0.39, 0.29) is 11.7 Å². The first-order valence-corrected chi connectivity index (χ1v) is 7.42. The molecule has 0 atom stereocenters. The predicted octanol–water partition coefficient (Wildman–Crippen LogP) is 4.31. The number of halogens is 1. The molecule has 0 saturated heterocycles. The van der Waals surface area contributed by atoms with Gasteiger partial charge in [-0.3, -0.25) is 4.79 Å². The van der Waals surface area contributed by atoms with E-state index in [0.29, 0.717) is 12.5 Å². The van der Waals surface area contributed by atoms with Crippen LogP contribution in [0.2, 0.25) is 0 Å². The number of rotatable bonds is 4. The molecule has 106 valence electrons. The van der Waals surface area contributed by atoms with Crippen molar-refractivity contribution in [1.29, 1.82) is 0 Å². The molecule has 1 heterocycles. The molecule has 0 aliphatic heterocycles. The van der Waals surface area contributed by atoms with Crippen molar-refractivity contribution in [2.45, 2.75) is 33.2 Å². The quantitative estimate of drug-likeness (QED) is 0.893. The lowest BCUT2D eigenvalue weighted by atomic mass is 10.1. The van der Waals surface area contributed by atoms with Gasteiger partial charge in [0.2, 0.25) is 5.91 Å². The van der Waals surface area contributed by atoms with E-state index in [1.54, 1.807) is 17.4 Å². The Hall–Kier alpha value is -1.68. The zero-order valence-corrected chi connectivity index (χ0v) is 12.7. The molecular formula is C16H18FNOS. The molecule has 0 spiro atoms. The first-order valence-electron chi connectivity index (χ1n) is 6.60. The first-order chi connectivity index (χ1) is 9.47. The summed E-state index contributed by atoms with van der Waals surface area (Å²) in [6.07, 6.45) is 0. The third-order valence-electron chi connectivity index (χ3n) is 3.06. The molecule has 20 heavy (non-hydrogen) atoms. The topological polar surface area (TPSA) is 29.1 Å². The maximum absolute atomic E-state index is 13.4. The second-order valence-corrected chi connectivity index (χ2v) is 6.18. The standard InChI is InChI=1S/C16H18FNOS/c1-10(2)15-6-7-16(20-15)14-5-4-13(17)8-12(14)9-18-11(3)19/h4-8,10H,9H2,1-3H3,(H,18,19). The van der Waals surface area contributed by atoms with Crippen molar-refractivity contribution in [3.05, 3.63) is 46.6 Å². The van der Waals surface area contributed by atoms with Crippen molar-refractivity contribution in [1.82, 2.24) is 5.32 Å². The summed E-state index contributed by atoms with van der Waals surface area (Å²) < 4.78 is 13.4. The second-order valence-electron chi connectivity index (χ2n) is 5.07. The van der Waals surface area contributed by atoms with Gasteiger partial charge in [-0.05, 0) is 41.3 Å². The summed E-state index contributed by atoms with van der Waals surface area (Å²) in [6, 6.07) is 8.89. The summed E-state index contributed by atoms with van der Waals surface area (Å²) in [5, 5.41) is 2.73. The number of benzene rings is 1. The fourth-order valence-electron chi connectivity index (χ4n) is 1.98. The van der Waals surface area contributed by atoms with Gasteiger partial charge in [0.1, 0.15) is 5.82 Å². The van der Waals surface area contributed by atoms with Gasteiger partial charge in [-0.2, -0.15) is 0 Å². The smallest absolute Gasteiger partial charge is 0.217 e. The number of carbonyl (C=O) groups is 1. The van der Waals surface area contributed by atoms with Crippen molar-refractivity contribution in [2.75, 3.05) is 0 Å². The second kappa shape index (κ2) is 6.18. The highest BCUT2D eigenvalue weighted by molar-refractivity contribution is 7.15. The molecule has 0 aliphatic carbocycles. The molecule has 0 unspecified atom stereocenters. The maximum atomic E-state index is 13.4. The SMILES string of the molecule is CC(=O)NCc1cc(F)ccc1-c1ccc(C(C)C)s1. The Morgan fingerprint density at radius 2 is 2.05 bits per heavy atom. The lowest BCUT2D eigenvalue weighted by Crippen LogP contribution is -2.19. The summed E-state index contributed by atoms with van der Waals surface area (Å²) in [5.41, 5.74) is 1.79. The van der Waals surface area contributed by atoms with Crippen molar-refractivity contribution in [3.8, 4) is 10.4 Å². The molecule has 4 heteroatoms. The van der Waals surface area contributed by atoms with Gasteiger partial charge in [0.25, 0.3) is 0 Å². The van der Waals surface area contributed by atoms with Gasteiger partial charge in [0.05, 0.1) is 0 Å². The van der Waals surface area contributed by atoms with Crippen LogP contribution in [-0.2, 0) is 11.3 Å². The molecule has 1 aromatic carbocycles. The van der Waals surface area contributed by atoms with Gasteiger partial charge < -0.3 is 5.32 Å². The Bertz CT molecular complexity index is 619. The van der Waals surface area contributed by atoms with E-state index in [4.69, 9.17) is 0 Å². The van der Waals surface area contributed by atoms with Gasteiger partial charge in [-0.25, -0.2) is 4.39 Å². The largest absolute Gasteiger partial charge is 0.352 e. The number of hydrogen-bond donors (Lipinski definition) is 1. The van der Waals surface area contributed by atoms with Crippen LogP contribution >= 0.6 is 11.3 Å². The zero-order chi connectivity index (χ0) is 14.7. The van der Waals surface area contributed by atoms with Crippen LogP contribution in [0, 0.1) is 5.82 Å². The average Bonchev–Trinajstić information content (AvgIpc) is 2.86. The predicted molar refractivity (Wildman–Crippen MR) is 81.3 cm³/mol. The molecule has 0 bridgehead atoms. The number of nitrogens with one attached hydrogen (secondary N) is 1. The van der Waals surface area contributed by atoms with E-state index in [1.807, 2.05) is 0 Å². The molecule has 1 aromatic heterocycles. The van der Waals surface area contributed by atoms with Gasteiger partial charge >= 0.3 is 0 Å². The Labute approximate surface area is 122 Å². The highest BCUT2D eigenvalue weighted by Gasteiger charge is 2.11. The monoisotopic (exact) mass is 291 g/mol. The summed E-state index contributed by atoms with van der Waals surface area (Å²) >= 11 is 1.71. The minimum Gasteiger partial charge on any atom is -0.352 e. The van der Waals surface area contributed by atoms with E-state index in [1.165, 1.54) is 23.9 Å². The first kappa shape index (κ1) is 14.7. The van der Waals surface area contributed by atoms with Crippen molar-refractivity contribution < 1.29 is 9.18 Å². The Morgan fingerprint density at radius 1 is 1.30 bits per heavy atom. The van der Waals surface area contributed by atoms with Crippen LogP contribution in [0.15, 0.2) is 30.3 Å². The summed E-state index contributed by atoms with van der Waals surface area (Å²) in [4.78, 5) is 13.4. The molecule has 2 rings (SSSR count). The Balaban J connectivity index is 2.36. The summed E-state index contributed by atoms with van der Waals surface area (Å²) in [7, 11) is 0. The molecule has 0 aliphatic rings. The van der Waals surface area contributed by atoms with E-state index >= 15 is 0 Å². The molecule has 0 radical (unpaired) electrons. The number of hydrogen-bond acceptors (Lipinski definition) is 2. The normalized spacial score (nSPS) is 10.8. The zero-order valence-electron chi connectivity index (χ0n) is 11.9. The van der Waals surface area contributed by atoms with Crippen LogP contribution in [0.5, 0.6) is 0 Å². The van der Waals surface area contributed by atoms with Crippen molar-refractivity contribution in [2.24, 2.45) is 0 Å². The highest BCUT2D eigenvalue weighted by Crippen LogP contribution is 2.34. The van der Waals surface area contributed by atoms with Crippen LogP contribution in [0.25, 0.3) is 10.4 Å². The van der Waals surface area contributed by atoms with Gasteiger partial charge in [-0.15, -0.1) is 11.3 Å². The van der Waals surface area contributed by atoms with E-state index in [2.05, 4.69) is 31.3 Å². The molecule has 1 N–H and O–H groups in total. The minimum absolute atomic E-state index is 0.116. The molecule has 2 nitrogen and oxygen atoms in total. The van der Waals surface area contributed by atoms with Gasteiger partial charge in [0, 0.05) is 23.2 Å². The van der Waals surface area contributed by atoms with E-state index < -0.39 is 0 Å². The van der Waals surface area contributed by atoms with E-state index in [9.17, 15) is 9.18 Å².